The molecule has 0 aromatic rings. The van der Waals surface area contributed by atoms with E-state index in [0.717, 1.165) is 0 Å². The maximum Gasteiger partial charge on any atom is 0.328 e. The molecule has 0 saturated carbocycles. The standard InChI is InChI=1S/C18H34N6O7/c1-9(20)15(27)22-12(6-7-13(21)26)16(28)23-11(5-3-4-8-19)17(29)24-14(10(2)25)18(30)31/h9-12,14,25H,3-8,19-20H2,1-2H3,(H2,21,26)(H,22,27)(H,23,28)(H,24,29)(H,30,31). The Hall–Kier alpha value is -2.77. The van der Waals surface area contributed by atoms with Gasteiger partial charge in [0.1, 0.15) is 12.1 Å². The molecule has 0 aromatic heterocycles. The van der Waals surface area contributed by atoms with Crippen molar-refractivity contribution >= 4 is 29.6 Å². The molecule has 4 amide bonds. The normalized spacial score (nSPS) is 15.6. The van der Waals surface area contributed by atoms with Gasteiger partial charge in [0.2, 0.25) is 23.6 Å². The Morgan fingerprint density at radius 1 is 0.871 bits per heavy atom. The monoisotopic (exact) mass is 446 g/mol. The van der Waals surface area contributed by atoms with Gasteiger partial charge in [-0.3, -0.25) is 19.2 Å². The third kappa shape index (κ3) is 11.3. The van der Waals surface area contributed by atoms with E-state index in [4.69, 9.17) is 22.3 Å². The first-order valence-corrected chi connectivity index (χ1v) is 9.96. The van der Waals surface area contributed by atoms with E-state index in [1.807, 2.05) is 0 Å². The minimum atomic E-state index is -1.58. The molecule has 0 aliphatic carbocycles. The minimum Gasteiger partial charge on any atom is -0.480 e. The molecule has 0 aromatic carbocycles. The highest BCUT2D eigenvalue weighted by Gasteiger charge is 2.31. The van der Waals surface area contributed by atoms with Gasteiger partial charge in [-0.25, -0.2) is 4.79 Å². The van der Waals surface area contributed by atoms with Crippen molar-refractivity contribution in [3.63, 3.8) is 0 Å². The van der Waals surface area contributed by atoms with E-state index < -0.39 is 59.9 Å². The van der Waals surface area contributed by atoms with Gasteiger partial charge in [0.05, 0.1) is 12.1 Å². The van der Waals surface area contributed by atoms with Gasteiger partial charge < -0.3 is 43.4 Å². The van der Waals surface area contributed by atoms with Crippen LogP contribution >= 0.6 is 0 Å². The van der Waals surface area contributed by atoms with Crippen LogP contribution in [0.2, 0.25) is 0 Å². The first kappa shape index (κ1) is 28.2. The van der Waals surface area contributed by atoms with Crippen LogP contribution in [-0.4, -0.2) is 76.6 Å². The van der Waals surface area contributed by atoms with Crippen molar-refractivity contribution in [2.45, 2.75) is 76.2 Å². The Bertz CT molecular complexity index is 641. The van der Waals surface area contributed by atoms with Crippen molar-refractivity contribution in [1.82, 2.24) is 16.0 Å². The molecule has 0 fully saturated rings. The molecule has 11 N–H and O–H groups in total. The third-order valence-electron chi connectivity index (χ3n) is 4.35. The van der Waals surface area contributed by atoms with Crippen LogP contribution in [0.25, 0.3) is 0 Å². The summed E-state index contributed by atoms with van der Waals surface area (Å²) < 4.78 is 0. The number of nitrogens with one attached hydrogen (secondary N) is 3. The van der Waals surface area contributed by atoms with E-state index in [1.54, 1.807) is 0 Å². The second kappa shape index (κ2) is 14.3. The molecule has 0 radical (unpaired) electrons. The lowest BCUT2D eigenvalue weighted by Crippen LogP contribution is -2.58. The number of carbonyl (C=O) groups is 5. The molecular formula is C18H34N6O7. The van der Waals surface area contributed by atoms with Crippen LogP contribution in [0.3, 0.4) is 0 Å². The summed E-state index contributed by atoms with van der Waals surface area (Å²) in [5, 5.41) is 25.7. The molecule has 5 unspecified atom stereocenters. The Labute approximate surface area is 180 Å². The number of amides is 4. The summed E-state index contributed by atoms with van der Waals surface area (Å²) in [5.74, 6) is -4.38. The maximum absolute atomic E-state index is 12.7. The summed E-state index contributed by atoms with van der Waals surface area (Å²) in [6.45, 7) is 2.95. The minimum absolute atomic E-state index is 0.123. The van der Waals surface area contributed by atoms with E-state index in [0.29, 0.717) is 19.4 Å². The molecule has 0 saturated heterocycles. The Balaban J connectivity index is 5.45. The number of hydrogen-bond acceptors (Lipinski definition) is 8. The predicted molar refractivity (Wildman–Crippen MR) is 110 cm³/mol. The molecule has 5 atom stereocenters. The summed E-state index contributed by atoms with van der Waals surface area (Å²) in [6, 6.07) is -4.86. The van der Waals surface area contributed by atoms with Crippen molar-refractivity contribution in [2.75, 3.05) is 6.54 Å². The van der Waals surface area contributed by atoms with Crippen molar-refractivity contribution < 1.29 is 34.2 Å². The molecule has 13 heteroatoms. The molecule has 31 heavy (non-hydrogen) atoms. The summed E-state index contributed by atoms with van der Waals surface area (Å²) in [7, 11) is 0. The lowest BCUT2D eigenvalue weighted by atomic mass is 10.0. The number of hydrogen-bond donors (Lipinski definition) is 8. The van der Waals surface area contributed by atoms with Crippen LogP contribution in [0, 0.1) is 0 Å². The second-order valence-electron chi connectivity index (χ2n) is 7.27. The fourth-order valence-electron chi connectivity index (χ4n) is 2.54. The van der Waals surface area contributed by atoms with E-state index in [9.17, 15) is 29.1 Å². The number of aliphatic hydroxyl groups is 1. The highest BCUT2D eigenvalue weighted by atomic mass is 16.4. The Morgan fingerprint density at radius 2 is 1.39 bits per heavy atom. The number of carbonyl (C=O) groups excluding carboxylic acids is 4. The quantitative estimate of drug-likeness (QED) is 0.117. The smallest absolute Gasteiger partial charge is 0.328 e. The molecule has 0 aliphatic rings. The van der Waals surface area contributed by atoms with Gasteiger partial charge in [0.15, 0.2) is 6.04 Å². The lowest BCUT2D eigenvalue weighted by molar-refractivity contribution is -0.145. The molecule has 0 rings (SSSR count). The molecule has 13 nitrogen and oxygen atoms in total. The first-order chi connectivity index (χ1) is 14.4. The number of unbranched alkanes of at least 4 members (excludes halogenated alkanes) is 1. The zero-order valence-electron chi connectivity index (χ0n) is 17.8. The number of carboxylic acid groups (broad SMARTS) is 1. The zero-order chi connectivity index (χ0) is 24.1. The van der Waals surface area contributed by atoms with Gasteiger partial charge in [0.25, 0.3) is 0 Å². The average molecular weight is 447 g/mol. The fraction of sp³-hybridized carbons (Fsp3) is 0.722. The lowest BCUT2D eigenvalue weighted by Gasteiger charge is -2.25. The van der Waals surface area contributed by atoms with Crippen LogP contribution in [0.4, 0.5) is 0 Å². The van der Waals surface area contributed by atoms with E-state index in [2.05, 4.69) is 16.0 Å². The van der Waals surface area contributed by atoms with Crippen LogP contribution in [0.15, 0.2) is 0 Å². The molecule has 178 valence electrons. The van der Waals surface area contributed by atoms with Gasteiger partial charge >= 0.3 is 5.97 Å². The predicted octanol–water partition coefficient (Wildman–Crippen LogP) is -3.35. The van der Waals surface area contributed by atoms with Crippen LogP contribution in [0.1, 0.15) is 46.0 Å². The number of primary amides is 1. The van der Waals surface area contributed by atoms with Crippen molar-refractivity contribution in [2.24, 2.45) is 17.2 Å². The van der Waals surface area contributed by atoms with E-state index >= 15 is 0 Å². The molecule has 0 heterocycles. The second-order valence-corrected chi connectivity index (χ2v) is 7.27. The first-order valence-electron chi connectivity index (χ1n) is 9.96. The van der Waals surface area contributed by atoms with Crippen molar-refractivity contribution in [1.29, 1.82) is 0 Å². The van der Waals surface area contributed by atoms with Gasteiger partial charge in [-0.2, -0.15) is 0 Å². The number of aliphatic carboxylic acids is 1. The van der Waals surface area contributed by atoms with Crippen LogP contribution in [0.5, 0.6) is 0 Å². The van der Waals surface area contributed by atoms with Crippen molar-refractivity contribution in [3.05, 3.63) is 0 Å². The zero-order valence-corrected chi connectivity index (χ0v) is 17.8. The highest BCUT2D eigenvalue weighted by Crippen LogP contribution is 2.06. The summed E-state index contributed by atoms with van der Waals surface area (Å²) in [4.78, 5) is 59.6. The summed E-state index contributed by atoms with van der Waals surface area (Å²) >= 11 is 0. The van der Waals surface area contributed by atoms with Gasteiger partial charge in [0, 0.05) is 6.42 Å². The summed E-state index contributed by atoms with van der Waals surface area (Å²) in [6.07, 6.45) is -0.586. The average Bonchev–Trinajstić information content (AvgIpc) is 2.67. The van der Waals surface area contributed by atoms with Gasteiger partial charge in [-0.05, 0) is 46.1 Å². The van der Waals surface area contributed by atoms with E-state index in [1.165, 1.54) is 13.8 Å². The Morgan fingerprint density at radius 3 is 1.84 bits per heavy atom. The summed E-state index contributed by atoms with van der Waals surface area (Å²) in [5.41, 5.74) is 16.1. The van der Waals surface area contributed by atoms with Crippen LogP contribution in [-0.2, 0) is 24.0 Å². The third-order valence-corrected chi connectivity index (χ3v) is 4.35. The van der Waals surface area contributed by atoms with E-state index in [-0.39, 0.29) is 19.3 Å². The maximum atomic E-state index is 12.7. The molecular weight excluding hydrogens is 412 g/mol. The highest BCUT2D eigenvalue weighted by molar-refractivity contribution is 5.94. The largest absolute Gasteiger partial charge is 0.480 e. The SMILES string of the molecule is CC(N)C(=O)NC(CCC(N)=O)C(=O)NC(CCCCN)C(=O)NC(C(=O)O)C(C)O. The molecule has 0 spiro atoms. The fourth-order valence-corrected chi connectivity index (χ4v) is 2.54. The Kier molecular flexibility index (Phi) is 13.0. The molecule has 0 bridgehead atoms. The number of aliphatic hydroxyl groups excluding tert-OH is 1. The topological polar surface area (TPSA) is 240 Å². The van der Waals surface area contributed by atoms with Gasteiger partial charge in [-0.1, -0.05) is 0 Å². The number of carboxylic acids is 1. The van der Waals surface area contributed by atoms with Gasteiger partial charge in [-0.15, -0.1) is 0 Å². The van der Waals surface area contributed by atoms with Crippen LogP contribution < -0.4 is 33.2 Å². The molecule has 0 aliphatic heterocycles. The number of rotatable bonds is 15. The van der Waals surface area contributed by atoms with Crippen molar-refractivity contribution in [3.8, 4) is 0 Å². The number of nitrogens with two attached hydrogens (primary N) is 3.